The van der Waals surface area contributed by atoms with Gasteiger partial charge in [0.1, 0.15) is 6.10 Å². The third kappa shape index (κ3) is 11.8. The monoisotopic (exact) mass is 661 g/mol. The van der Waals surface area contributed by atoms with Gasteiger partial charge in [0.15, 0.2) is 0 Å². The molecule has 1 aromatic heterocycles. The van der Waals surface area contributed by atoms with Crippen LogP contribution >= 0.6 is 11.3 Å². The summed E-state index contributed by atoms with van der Waals surface area (Å²) in [5.74, 6) is 0.281. The van der Waals surface area contributed by atoms with Gasteiger partial charge in [0.25, 0.3) is 5.91 Å². The molecule has 1 saturated heterocycles. The smallest absolute Gasteiger partial charge is 0.411 e. The molecule has 2 heterocycles. The molecule has 0 atom stereocenters. The number of unbranched alkanes of at least 4 members (excludes halogenated alkanes) is 2. The molecule has 0 aliphatic carbocycles. The van der Waals surface area contributed by atoms with Crippen LogP contribution in [0.1, 0.15) is 66.4 Å². The Morgan fingerprint density at radius 1 is 0.894 bits per heavy atom. The quantitative estimate of drug-likeness (QED) is 0.156. The van der Waals surface area contributed by atoms with Gasteiger partial charge in [0, 0.05) is 70.2 Å². The summed E-state index contributed by atoms with van der Waals surface area (Å²) in [5, 5.41) is 6.40. The molecule has 1 aliphatic rings. The molecule has 1 aliphatic heterocycles. The first kappa shape index (κ1) is 36.1. The normalized spacial score (nSPS) is 13.7. The number of piperidine rings is 1. The summed E-state index contributed by atoms with van der Waals surface area (Å²) in [6.45, 7) is 7.69. The number of carbonyl (C=O) groups is 3. The Morgan fingerprint density at radius 2 is 1.64 bits per heavy atom. The van der Waals surface area contributed by atoms with Gasteiger partial charge in [-0.25, -0.2) is 4.79 Å². The molecule has 0 saturated carbocycles. The number of carbonyl (C=O) groups excluding carboxylic acids is 3. The van der Waals surface area contributed by atoms with E-state index in [4.69, 9.17) is 4.74 Å². The largest absolute Gasteiger partial charge is 0.446 e. The van der Waals surface area contributed by atoms with Crippen LogP contribution in [0.25, 0.3) is 11.1 Å². The Morgan fingerprint density at radius 3 is 2.40 bits per heavy atom. The van der Waals surface area contributed by atoms with Crippen molar-refractivity contribution < 1.29 is 19.1 Å². The zero-order valence-electron chi connectivity index (χ0n) is 28.2. The van der Waals surface area contributed by atoms with E-state index < -0.39 is 6.09 Å². The van der Waals surface area contributed by atoms with Crippen molar-refractivity contribution >= 4 is 34.9 Å². The Labute approximate surface area is 284 Å². The summed E-state index contributed by atoms with van der Waals surface area (Å²) in [6.07, 6.45) is 5.44. The first-order valence-electron chi connectivity index (χ1n) is 17.0. The average molecular weight is 662 g/mol. The second-order valence-electron chi connectivity index (χ2n) is 12.3. The average Bonchev–Trinajstić information content (AvgIpc) is 3.56. The lowest BCUT2D eigenvalue weighted by Crippen LogP contribution is -2.42. The van der Waals surface area contributed by atoms with Gasteiger partial charge < -0.3 is 24.8 Å². The molecule has 0 unspecified atom stereocenters. The second kappa shape index (κ2) is 19.2. The number of rotatable bonds is 17. The highest BCUT2D eigenvalue weighted by Crippen LogP contribution is 2.28. The fraction of sp³-hybridized carbons (Fsp3) is 0.486. The maximum Gasteiger partial charge on any atom is 0.411 e. The number of amides is 3. The molecule has 10 heteroatoms. The molecular formula is C37H51N5O4S. The molecule has 2 aromatic carbocycles. The van der Waals surface area contributed by atoms with Gasteiger partial charge in [-0.1, -0.05) is 61.9 Å². The van der Waals surface area contributed by atoms with Crippen molar-refractivity contribution in [3.63, 3.8) is 0 Å². The number of benzene rings is 2. The van der Waals surface area contributed by atoms with Crippen LogP contribution in [0.5, 0.6) is 0 Å². The number of likely N-dealkylation sites (tertiary alicyclic amines) is 1. The van der Waals surface area contributed by atoms with Gasteiger partial charge >= 0.3 is 6.09 Å². The predicted molar refractivity (Wildman–Crippen MR) is 191 cm³/mol. The standard InChI is InChI=1S/C37H51N5O4S/c1-4-23-41(3)36(44)34-19-18-31(47-34)28-38-22-12-6-9-17-35(43)40(2)26-27-42-24-20-30(21-25-42)46-37(45)39-33-16-11-10-15-32(33)29-13-7-5-8-14-29/h5,7-8,10-11,13-16,18-19,30,38H,4,6,9,12,17,20-28H2,1-3H3,(H,39,45). The van der Waals surface area contributed by atoms with E-state index in [0.717, 1.165) is 104 Å². The van der Waals surface area contributed by atoms with Crippen LogP contribution < -0.4 is 10.6 Å². The van der Waals surface area contributed by atoms with Crippen LogP contribution in [0.3, 0.4) is 0 Å². The number of likely N-dealkylation sites (N-methyl/N-ethyl adjacent to an activating group) is 1. The summed E-state index contributed by atoms with van der Waals surface area (Å²) >= 11 is 1.56. The van der Waals surface area contributed by atoms with Crippen LogP contribution in [-0.4, -0.2) is 92.1 Å². The summed E-state index contributed by atoms with van der Waals surface area (Å²) in [4.78, 5) is 45.7. The van der Waals surface area contributed by atoms with Crippen molar-refractivity contribution in [2.24, 2.45) is 0 Å². The van der Waals surface area contributed by atoms with Crippen LogP contribution in [0.15, 0.2) is 66.7 Å². The Balaban J connectivity index is 1.04. The number of anilines is 1. The Hall–Kier alpha value is -3.73. The van der Waals surface area contributed by atoms with E-state index >= 15 is 0 Å². The van der Waals surface area contributed by atoms with Crippen LogP contribution in [0.2, 0.25) is 0 Å². The van der Waals surface area contributed by atoms with E-state index in [-0.39, 0.29) is 17.9 Å². The molecule has 3 aromatic rings. The Kier molecular flexibility index (Phi) is 14.7. The minimum atomic E-state index is -0.423. The first-order chi connectivity index (χ1) is 22.8. The lowest BCUT2D eigenvalue weighted by molar-refractivity contribution is -0.130. The van der Waals surface area contributed by atoms with Gasteiger partial charge in [-0.05, 0) is 62.4 Å². The SMILES string of the molecule is CCCN(C)C(=O)c1ccc(CNCCCCCC(=O)N(C)CCN2CCC(OC(=O)Nc3ccccc3-c3ccccc3)CC2)s1. The third-order valence-corrected chi connectivity index (χ3v) is 9.63. The van der Waals surface area contributed by atoms with Gasteiger partial charge in [-0.15, -0.1) is 11.3 Å². The zero-order chi connectivity index (χ0) is 33.4. The zero-order valence-corrected chi connectivity index (χ0v) is 29.0. The summed E-state index contributed by atoms with van der Waals surface area (Å²) in [5.41, 5.74) is 2.74. The molecule has 1 fully saturated rings. The first-order valence-corrected chi connectivity index (χ1v) is 17.8. The van der Waals surface area contributed by atoms with Gasteiger partial charge in [-0.3, -0.25) is 14.9 Å². The number of hydrogen-bond acceptors (Lipinski definition) is 7. The Bertz CT molecular complexity index is 1410. The van der Waals surface area contributed by atoms with E-state index in [1.54, 1.807) is 16.2 Å². The summed E-state index contributed by atoms with van der Waals surface area (Å²) < 4.78 is 5.77. The van der Waals surface area contributed by atoms with Gasteiger partial charge in [0.05, 0.1) is 10.6 Å². The lowest BCUT2D eigenvalue weighted by atomic mass is 10.0. The maximum atomic E-state index is 12.7. The molecule has 9 nitrogen and oxygen atoms in total. The summed E-state index contributed by atoms with van der Waals surface area (Å²) in [7, 11) is 3.74. The minimum absolute atomic E-state index is 0.0932. The molecule has 3 amide bonds. The summed E-state index contributed by atoms with van der Waals surface area (Å²) in [6, 6.07) is 21.7. The van der Waals surface area contributed by atoms with Crippen molar-refractivity contribution in [3.05, 3.63) is 76.5 Å². The molecule has 47 heavy (non-hydrogen) atoms. The van der Waals surface area contributed by atoms with Gasteiger partial charge in [0.2, 0.25) is 5.91 Å². The topological polar surface area (TPSA) is 94.2 Å². The van der Waals surface area contributed by atoms with Crippen LogP contribution in [-0.2, 0) is 16.1 Å². The van der Waals surface area contributed by atoms with Crippen molar-refractivity contribution in [1.29, 1.82) is 0 Å². The van der Waals surface area contributed by atoms with Gasteiger partial charge in [-0.2, -0.15) is 0 Å². The number of nitrogens with zero attached hydrogens (tertiary/aromatic N) is 3. The van der Waals surface area contributed by atoms with Crippen molar-refractivity contribution in [3.8, 4) is 11.1 Å². The highest BCUT2D eigenvalue weighted by molar-refractivity contribution is 7.14. The third-order valence-electron chi connectivity index (χ3n) is 8.56. The second-order valence-corrected chi connectivity index (χ2v) is 13.4. The number of thiophene rings is 1. The molecule has 0 bridgehead atoms. The van der Waals surface area contributed by atoms with E-state index in [9.17, 15) is 14.4 Å². The van der Waals surface area contributed by atoms with E-state index in [1.807, 2.05) is 85.7 Å². The molecule has 254 valence electrons. The van der Waals surface area contributed by atoms with Crippen molar-refractivity contribution in [2.45, 2.75) is 64.5 Å². The molecule has 2 N–H and O–H groups in total. The predicted octanol–water partition coefficient (Wildman–Crippen LogP) is 6.72. The number of hydrogen-bond donors (Lipinski definition) is 2. The number of para-hydroxylation sites is 1. The fourth-order valence-electron chi connectivity index (χ4n) is 5.74. The molecule has 4 rings (SSSR count). The van der Waals surface area contributed by atoms with Crippen molar-refractivity contribution in [2.75, 3.05) is 58.7 Å². The lowest BCUT2D eigenvalue weighted by Gasteiger charge is -2.32. The molecular weight excluding hydrogens is 611 g/mol. The van der Waals surface area contributed by atoms with Crippen LogP contribution in [0, 0.1) is 0 Å². The van der Waals surface area contributed by atoms with Crippen molar-refractivity contribution in [1.82, 2.24) is 20.0 Å². The van der Waals surface area contributed by atoms with E-state index in [1.165, 1.54) is 0 Å². The number of nitrogens with one attached hydrogen (secondary N) is 2. The highest BCUT2D eigenvalue weighted by Gasteiger charge is 2.23. The van der Waals surface area contributed by atoms with E-state index in [2.05, 4.69) is 22.5 Å². The maximum absolute atomic E-state index is 12.7. The minimum Gasteiger partial charge on any atom is -0.446 e. The highest BCUT2D eigenvalue weighted by atomic mass is 32.1. The van der Waals surface area contributed by atoms with E-state index in [0.29, 0.717) is 13.0 Å². The van der Waals surface area contributed by atoms with Crippen LogP contribution in [0.4, 0.5) is 10.5 Å². The molecule has 0 radical (unpaired) electrons. The fourth-order valence-corrected chi connectivity index (χ4v) is 6.71. The molecule has 0 spiro atoms. The number of ether oxygens (including phenoxy) is 1.